The summed E-state index contributed by atoms with van der Waals surface area (Å²) in [4.78, 5) is 0. The van der Waals surface area contributed by atoms with E-state index in [0.29, 0.717) is 17.4 Å². The molecule has 0 spiro atoms. The van der Waals surface area contributed by atoms with E-state index in [0.717, 1.165) is 18.2 Å². The highest BCUT2D eigenvalue weighted by Crippen LogP contribution is 2.38. The lowest BCUT2D eigenvalue weighted by Gasteiger charge is -2.35. The molecular formula is C14H17BrClFO. The first-order valence-electron chi connectivity index (χ1n) is 6.29. The molecule has 1 nitrogen and oxygen atoms in total. The van der Waals surface area contributed by atoms with Crippen molar-refractivity contribution in [3.05, 3.63) is 29.0 Å². The summed E-state index contributed by atoms with van der Waals surface area (Å²) in [6, 6.07) is 4.54. The van der Waals surface area contributed by atoms with E-state index in [4.69, 9.17) is 16.3 Å². The van der Waals surface area contributed by atoms with Crippen molar-refractivity contribution in [2.45, 2.75) is 32.1 Å². The average molecular weight is 336 g/mol. The Balaban J connectivity index is 2.01. The first-order chi connectivity index (χ1) is 8.65. The number of hydrogen-bond donors (Lipinski definition) is 0. The van der Waals surface area contributed by atoms with Crippen molar-refractivity contribution in [1.82, 2.24) is 0 Å². The molecule has 100 valence electrons. The van der Waals surface area contributed by atoms with Crippen LogP contribution in [-0.2, 0) is 0 Å². The molecule has 1 aliphatic rings. The number of alkyl halides is 1. The van der Waals surface area contributed by atoms with Gasteiger partial charge in [-0.1, -0.05) is 46.8 Å². The lowest BCUT2D eigenvalue weighted by molar-refractivity contribution is 0.118. The molecule has 1 aromatic carbocycles. The van der Waals surface area contributed by atoms with Gasteiger partial charge in [0, 0.05) is 15.8 Å². The average Bonchev–Trinajstić information content (AvgIpc) is 2.39. The maximum absolute atomic E-state index is 13.6. The summed E-state index contributed by atoms with van der Waals surface area (Å²) in [5.74, 6) is -0.0895. The molecule has 0 amide bonds. The minimum absolute atomic E-state index is 0.157. The lowest BCUT2D eigenvalue weighted by Crippen LogP contribution is -2.32. The van der Waals surface area contributed by atoms with E-state index >= 15 is 0 Å². The van der Waals surface area contributed by atoms with Crippen molar-refractivity contribution in [3.63, 3.8) is 0 Å². The van der Waals surface area contributed by atoms with Gasteiger partial charge in [0.1, 0.15) is 0 Å². The Morgan fingerprint density at radius 1 is 1.28 bits per heavy atom. The number of hydrogen-bond acceptors (Lipinski definition) is 1. The predicted molar refractivity (Wildman–Crippen MR) is 76.2 cm³/mol. The summed E-state index contributed by atoms with van der Waals surface area (Å²) in [7, 11) is 0. The molecule has 1 aromatic rings. The third-order valence-corrected chi connectivity index (χ3v) is 5.05. The molecule has 0 N–H and O–H groups in total. The van der Waals surface area contributed by atoms with Gasteiger partial charge in [0.05, 0.1) is 6.61 Å². The van der Waals surface area contributed by atoms with Gasteiger partial charge >= 0.3 is 0 Å². The van der Waals surface area contributed by atoms with Crippen molar-refractivity contribution >= 4 is 27.5 Å². The molecule has 0 bridgehead atoms. The molecule has 0 unspecified atom stereocenters. The van der Waals surface area contributed by atoms with Gasteiger partial charge in [-0.05, 0) is 31.0 Å². The van der Waals surface area contributed by atoms with Gasteiger partial charge in [0.15, 0.2) is 11.6 Å². The summed E-state index contributed by atoms with van der Waals surface area (Å²) in [5, 5.41) is 1.31. The molecular weight excluding hydrogens is 319 g/mol. The Morgan fingerprint density at radius 3 is 2.61 bits per heavy atom. The molecule has 0 heterocycles. The zero-order valence-electron chi connectivity index (χ0n) is 10.2. The van der Waals surface area contributed by atoms with Crippen LogP contribution in [0.25, 0.3) is 0 Å². The van der Waals surface area contributed by atoms with Gasteiger partial charge in [-0.15, -0.1) is 0 Å². The zero-order valence-corrected chi connectivity index (χ0v) is 12.6. The van der Waals surface area contributed by atoms with Gasteiger partial charge in [-0.2, -0.15) is 0 Å². The first kappa shape index (κ1) is 14.1. The molecule has 0 aliphatic heterocycles. The van der Waals surface area contributed by atoms with E-state index in [1.807, 2.05) is 0 Å². The van der Waals surface area contributed by atoms with Crippen LogP contribution < -0.4 is 4.74 Å². The smallest absolute Gasteiger partial charge is 0.166 e. The molecule has 1 aliphatic carbocycles. The zero-order chi connectivity index (χ0) is 13.0. The molecule has 0 saturated heterocycles. The Hall–Kier alpha value is -0.280. The quantitative estimate of drug-likeness (QED) is 0.687. The maximum atomic E-state index is 13.6. The van der Waals surface area contributed by atoms with Gasteiger partial charge in [0.25, 0.3) is 0 Å². The van der Waals surface area contributed by atoms with E-state index in [-0.39, 0.29) is 11.2 Å². The summed E-state index contributed by atoms with van der Waals surface area (Å²) < 4.78 is 19.3. The topological polar surface area (TPSA) is 9.23 Å². The van der Waals surface area contributed by atoms with Crippen molar-refractivity contribution in [3.8, 4) is 5.75 Å². The van der Waals surface area contributed by atoms with E-state index in [2.05, 4.69) is 15.9 Å². The second-order valence-corrected chi connectivity index (χ2v) is 6.05. The number of ether oxygens (including phenoxy) is 1. The van der Waals surface area contributed by atoms with Gasteiger partial charge in [-0.25, -0.2) is 4.39 Å². The summed E-state index contributed by atoms with van der Waals surface area (Å²) >= 11 is 9.29. The van der Waals surface area contributed by atoms with Crippen LogP contribution in [0.5, 0.6) is 5.75 Å². The van der Waals surface area contributed by atoms with E-state index < -0.39 is 0 Å². The molecule has 0 atom stereocenters. The van der Waals surface area contributed by atoms with Crippen LogP contribution in [0.15, 0.2) is 18.2 Å². The van der Waals surface area contributed by atoms with Crippen molar-refractivity contribution in [1.29, 1.82) is 0 Å². The minimum atomic E-state index is -0.386. The maximum Gasteiger partial charge on any atom is 0.166 e. The molecule has 4 heteroatoms. The van der Waals surface area contributed by atoms with Gasteiger partial charge in [-0.3, -0.25) is 0 Å². The highest BCUT2D eigenvalue weighted by atomic mass is 79.9. The van der Waals surface area contributed by atoms with E-state index in [9.17, 15) is 4.39 Å². The van der Waals surface area contributed by atoms with Gasteiger partial charge in [0.2, 0.25) is 0 Å². The fourth-order valence-electron chi connectivity index (χ4n) is 2.44. The minimum Gasteiger partial charge on any atom is -0.490 e. The normalized spacial score (nSPS) is 18.6. The fourth-order valence-corrected chi connectivity index (χ4v) is 3.32. The van der Waals surface area contributed by atoms with Crippen molar-refractivity contribution in [2.24, 2.45) is 5.41 Å². The third-order valence-electron chi connectivity index (χ3n) is 3.63. The SMILES string of the molecule is Fc1cc(Cl)ccc1OCC1(CBr)CCCCC1. The summed E-state index contributed by atoms with van der Waals surface area (Å²) in [5.41, 5.74) is 0.157. The molecule has 18 heavy (non-hydrogen) atoms. The number of benzene rings is 1. The van der Waals surface area contributed by atoms with Crippen molar-refractivity contribution in [2.75, 3.05) is 11.9 Å². The van der Waals surface area contributed by atoms with Gasteiger partial charge < -0.3 is 4.74 Å². The van der Waals surface area contributed by atoms with Crippen molar-refractivity contribution < 1.29 is 9.13 Å². The highest BCUT2D eigenvalue weighted by molar-refractivity contribution is 9.09. The largest absolute Gasteiger partial charge is 0.490 e. The Kier molecular flexibility index (Phi) is 4.91. The predicted octanol–water partition coefficient (Wildman–Crippen LogP) is 5.20. The second kappa shape index (κ2) is 6.25. The second-order valence-electron chi connectivity index (χ2n) is 5.06. The fraction of sp³-hybridized carbons (Fsp3) is 0.571. The monoisotopic (exact) mass is 334 g/mol. The third kappa shape index (κ3) is 3.39. The van der Waals surface area contributed by atoms with E-state index in [1.165, 1.54) is 25.3 Å². The Labute approximate surface area is 121 Å². The standard InChI is InChI=1S/C14H17BrClFO/c15-9-14(6-2-1-3-7-14)10-18-13-5-4-11(16)8-12(13)17/h4-5,8H,1-3,6-7,9-10H2. The Morgan fingerprint density at radius 2 is 2.00 bits per heavy atom. The molecule has 1 saturated carbocycles. The molecule has 1 fully saturated rings. The Bertz CT molecular complexity index is 405. The molecule has 2 rings (SSSR count). The van der Waals surface area contributed by atoms with Crippen LogP contribution in [0.4, 0.5) is 4.39 Å². The van der Waals surface area contributed by atoms with Crippen LogP contribution >= 0.6 is 27.5 Å². The molecule has 0 radical (unpaired) electrons. The van der Waals surface area contributed by atoms with Crippen LogP contribution in [0, 0.1) is 11.2 Å². The number of halogens is 3. The first-order valence-corrected chi connectivity index (χ1v) is 7.79. The number of rotatable bonds is 4. The highest BCUT2D eigenvalue weighted by Gasteiger charge is 2.32. The lowest BCUT2D eigenvalue weighted by atomic mass is 9.76. The molecule has 0 aromatic heterocycles. The summed E-state index contributed by atoms with van der Waals surface area (Å²) in [6.07, 6.45) is 6.06. The summed E-state index contributed by atoms with van der Waals surface area (Å²) in [6.45, 7) is 0.566. The van der Waals surface area contributed by atoms with E-state index in [1.54, 1.807) is 12.1 Å². The van der Waals surface area contributed by atoms with Crippen LogP contribution in [-0.4, -0.2) is 11.9 Å². The van der Waals surface area contributed by atoms with Crippen LogP contribution in [0.2, 0.25) is 5.02 Å². The van der Waals surface area contributed by atoms with Crippen LogP contribution in [0.1, 0.15) is 32.1 Å². The van der Waals surface area contributed by atoms with Crippen LogP contribution in [0.3, 0.4) is 0 Å².